The van der Waals surface area contributed by atoms with Crippen molar-refractivity contribution in [3.05, 3.63) is 23.2 Å². The number of halogens is 1. The van der Waals surface area contributed by atoms with Crippen molar-refractivity contribution in [2.24, 2.45) is 0 Å². The van der Waals surface area contributed by atoms with E-state index in [2.05, 4.69) is 19.4 Å². The number of carbonyl (C=O) groups is 2. The zero-order chi connectivity index (χ0) is 13.8. The Balaban J connectivity index is 3.44. The third-order valence-electron chi connectivity index (χ3n) is 2.22. The molecule has 0 N–H and O–H groups in total. The summed E-state index contributed by atoms with van der Waals surface area (Å²) in [5, 5.41) is 0.00160. The van der Waals surface area contributed by atoms with Crippen LogP contribution in [0.3, 0.4) is 0 Å². The van der Waals surface area contributed by atoms with Crippen LogP contribution >= 0.6 is 11.6 Å². The number of rotatable bonds is 4. The molecule has 0 fully saturated rings. The number of esters is 2. The van der Waals surface area contributed by atoms with Gasteiger partial charge < -0.3 is 14.2 Å². The van der Waals surface area contributed by atoms with E-state index in [1.165, 1.54) is 12.4 Å². The predicted octanol–water partition coefficient (Wildman–Crippen LogP) is 0.318. The second-order valence-corrected chi connectivity index (χ2v) is 3.48. The second-order valence-electron chi connectivity index (χ2n) is 3.10. The third kappa shape index (κ3) is 2.27. The lowest BCUT2D eigenvalue weighted by Gasteiger charge is -2.25. The van der Waals surface area contributed by atoms with E-state index in [-0.39, 0.29) is 10.8 Å². The van der Waals surface area contributed by atoms with Gasteiger partial charge in [0.05, 0.1) is 26.6 Å². The molecule has 0 amide bonds. The molecule has 1 aromatic heterocycles. The molecule has 0 bridgehead atoms. The normalized spacial score (nSPS) is 10.9. The zero-order valence-electron chi connectivity index (χ0n) is 9.97. The van der Waals surface area contributed by atoms with Crippen LogP contribution in [-0.4, -0.2) is 43.2 Å². The van der Waals surface area contributed by atoms with Gasteiger partial charge in [0.15, 0.2) is 0 Å². The molecule has 98 valence electrons. The first-order valence-corrected chi connectivity index (χ1v) is 5.10. The number of methoxy groups -OCH3 is 3. The highest BCUT2D eigenvalue weighted by Crippen LogP contribution is 2.27. The van der Waals surface area contributed by atoms with Crippen molar-refractivity contribution in [1.82, 2.24) is 9.97 Å². The van der Waals surface area contributed by atoms with Gasteiger partial charge in [0.2, 0.25) is 0 Å². The minimum Gasteiger partial charge on any atom is -0.466 e. The molecule has 1 heterocycles. The van der Waals surface area contributed by atoms with Crippen LogP contribution in [0, 0.1) is 0 Å². The molecule has 0 saturated heterocycles. The van der Waals surface area contributed by atoms with E-state index in [1.54, 1.807) is 0 Å². The minimum absolute atomic E-state index is 0.00160. The molecule has 1 aromatic rings. The quantitative estimate of drug-likeness (QED) is 0.577. The van der Waals surface area contributed by atoms with Gasteiger partial charge in [-0.2, -0.15) is 0 Å². The summed E-state index contributed by atoms with van der Waals surface area (Å²) < 4.78 is 14.1. The topological polar surface area (TPSA) is 87.6 Å². The van der Waals surface area contributed by atoms with Crippen molar-refractivity contribution in [1.29, 1.82) is 0 Å². The van der Waals surface area contributed by atoms with E-state index in [0.29, 0.717) is 0 Å². The van der Waals surface area contributed by atoms with Gasteiger partial charge in [0, 0.05) is 7.11 Å². The van der Waals surface area contributed by atoms with Crippen LogP contribution in [0.2, 0.25) is 5.15 Å². The van der Waals surface area contributed by atoms with Crippen LogP contribution in [0.15, 0.2) is 12.4 Å². The molecule has 0 radical (unpaired) electrons. The van der Waals surface area contributed by atoms with Crippen LogP contribution in [0.25, 0.3) is 0 Å². The van der Waals surface area contributed by atoms with Crippen LogP contribution < -0.4 is 0 Å². The van der Waals surface area contributed by atoms with E-state index in [9.17, 15) is 9.59 Å². The molecule has 0 atom stereocenters. The van der Waals surface area contributed by atoms with Gasteiger partial charge in [-0.15, -0.1) is 0 Å². The highest BCUT2D eigenvalue weighted by Gasteiger charge is 2.53. The predicted molar refractivity (Wildman–Crippen MR) is 59.8 cm³/mol. The standard InChI is InChI=1S/C10H11ClN2O5/c1-16-8(14)10(18-3,9(15)17-2)6-4-12-5-7(11)13-6/h4-5H,1-3H3. The first kappa shape index (κ1) is 14.3. The molecule has 7 nitrogen and oxygen atoms in total. The van der Waals surface area contributed by atoms with Crippen molar-refractivity contribution in [3.63, 3.8) is 0 Å². The van der Waals surface area contributed by atoms with E-state index >= 15 is 0 Å². The summed E-state index contributed by atoms with van der Waals surface area (Å²) >= 11 is 5.67. The monoisotopic (exact) mass is 274 g/mol. The van der Waals surface area contributed by atoms with E-state index in [4.69, 9.17) is 16.3 Å². The van der Waals surface area contributed by atoms with E-state index in [1.807, 2.05) is 0 Å². The lowest BCUT2D eigenvalue weighted by Crippen LogP contribution is -2.47. The zero-order valence-corrected chi connectivity index (χ0v) is 10.7. The first-order chi connectivity index (χ1) is 8.52. The van der Waals surface area contributed by atoms with Gasteiger partial charge in [-0.05, 0) is 0 Å². The molecule has 0 unspecified atom stereocenters. The molecule has 18 heavy (non-hydrogen) atoms. The summed E-state index contributed by atoms with van der Waals surface area (Å²) in [5.41, 5.74) is -2.25. The number of ether oxygens (including phenoxy) is 3. The molecule has 8 heteroatoms. The van der Waals surface area contributed by atoms with Gasteiger partial charge in [0.1, 0.15) is 10.8 Å². The van der Waals surface area contributed by atoms with Gasteiger partial charge in [-0.3, -0.25) is 4.98 Å². The molecule has 0 aliphatic heterocycles. The Morgan fingerprint density at radius 1 is 1.17 bits per heavy atom. The highest BCUT2D eigenvalue weighted by atomic mass is 35.5. The summed E-state index contributed by atoms with van der Waals surface area (Å²) in [7, 11) is 3.37. The molecular formula is C10H11ClN2O5. The van der Waals surface area contributed by atoms with Crippen molar-refractivity contribution >= 4 is 23.5 Å². The average molecular weight is 275 g/mol. The van der Waals surface area contributed by atoms with E-state index in [0.717, 1.165) is 21.3 Å². The largest absolute Gasteiger partial charge is 0.466 e. The Labute approximate surface area is 108 Å². The maximum atomic E-state index is 11.8. The Hall–Kier alpha value is -1.73. The number of carbonyl (C=O) groups excluding carboxylic acids is 2. The van der Waals surface area contributed by atoms with Gasteiger partial charge in [-0.25, -0.2) is 14.6 Å². The summed E-state index contributed by atoms with van der Waals surface area (Å²) in [6.07, 6.45) is 2.42. The Kier molecular flexibility index (Phi) is 4.57. The lowest BCUT2D eigenvalue weighted by atomic mass is 10.00. The minimum atomic E-state index is -2.14. The van der Waals surface area contributed by atoms with Crippen molar-refractivity contribution < 1.29 is 23.8 Å². The van der Waals surface area contributed by atoms with E-state index < -0.39 is 17.5 Å². The van der Waals surface area contributed by atoms with Crippen LogP contribution in [0.4, 0.5) is 0 Å². The van der Waals surface area contributed by atoms with Crippen LogP contribution in [0.1, 0.15) is 5.69 Å². The Morgan fingerprint density at radius 2 is 1.72 bits per heavy atom. The average Bonchev–Trinajstić information content (AvgIpc) is 2.39. The van der Waals surface area contributed by atoms with Crippen LogP contribution in [-0.2, 0) is 29.4 Å². The number of aromatic nitrogens is 2. The molecule has 0 aromatic carbocycles. The molecule has 0 spiro atoms. The lowest BCUT2D eigenvalue weighted by molar-refractivity contribution is -0.186. The molecule has 0 aliphatic rings. The van der Waals surface area contributed by atoms with Crippen molar-refractivity contribution in [3.8, 4) is 0 Å². The fourth-order valence-electron chi connectivity index (χ4n) is 1.36. The number of hydrogen-bond acceptors (Lipinski definition) is 7. The third-order valence-corrected chi connectivity index (χ3v) is 2.40. The van der Waals surface area contributed by atoms with Gasteiger partial charge in [-0.1, -0.05) is 11.6 Å². The summed E-state index contributed by atoms with van der Waals surface area (Å²) in [6, 6.07) is 0. The fourth-order valence-corrected chi connectivity index (χ4v) is 1.51. The molecule has 1 rings (SSSR count). The highest BCUT2D eigenvalue weighted by molar-refractivity contribution is 6.29. The molecule has 0 saturated carbocycles. The van der Waals surface area contributed by atoms with Crippen molar-refractivity contribution in [2.75, 3.05) is 21.3 Å². The summed E-state index contributed by atoms with van der Waals surface area (Å²) in [6.45, 7) is 0. The maximum Gasteiger partial charge on any atom is 0.356 e. The SMILES string of the molecule is COC(=O)C(OC)(C(=O)OC)c1cncc(Cl)n1. The smallest absolute Gasteiger partial charge is 0.356 e. The number of nitrogens with zero attached hydrogens (tertiary/aromatic N) is 2. The molecule has 0 aliphatic carbocycles. The summed E-state index contributed by atoms with van der Waals surface area (Å²) in [4.78, 5) is 31.2. The maximum absolute atomic E-state index is 11.8. The Morgan fingerprint density at radius 3 is 2.11 bits per heavy atom. The summed E-state index contributed by atoms with van der Waals surface area (Å²) in [5.74, 6) is -1.96. The molecular weight excluding hydrogens is 264 g/mol. The second kappa shape index (κ2) is 5.74. The Bertz CT molecular complexity index is 449. The van der Waals surface area contributed by atoms with Crippen LogP contribution in [0.5, 0.6) is 0 Å². The van der Waals surface area contributed by atoms with Gasteiger partial charge >= 0.3 is 17.5 Å². The first-order valence-electron chi connectivity index (χ1n) is 4.73. The van der Waals surface area contributed by atoms with Gasteiger partial charge in [0.25, 0.3) is 0 Å². The number of hydrogen-bond donors (Lipinski definition) is 0. The fraction of sp³-hybridized carbons (Fsp3) is 0.400. The van der Waals surface area contributed by atoms with Crippen molar-refractivity contribution in [2.45, 2.75) is 5.60 Å².